The number of aromatic hydroxyl groups is 1. The Morgan fingerprint density at radius 2 is 1.88 bits per heavy atom. The van der Waals surface area contributed by atoms with Crippen LogP contribution in [0.4, 0.5) is 8.78 Å². The molecule has 3 aromatic carbocycles. The minimum absolute atomic E-state index is 0.0212. The molecule has 208 valence electrons. The van der Waals surface area contributed by atoms with Gasteiger partial charge in [0.1, 0.15) is 5.56 Å². The summed E-state index contributed by atoms with van der Waals surface area (Å²) in [5, 5.41) is 15.1. The highest BCUT2D eigenvalue weighted by Crippen LogP contribution is 2.36. The van der Waals surface area contributed by atoms with Gasteiger partial charge in [0.15, 0.2) is 17.5 Å². The first-order valence-corrected chi connectivity index (χ1v) is 13.0. The van der Waals surface area contributed by atoms with E-state index in [1.807, 2.05) is 54.6 Å². The Labute approximate surface area is 237 Å². The molecule has 0 spiro atoms. The number of hydrogen-bond acceptors (Lipinski definition) is 5. The Hall–Kier alpha value is -5.64. The summed E-state index contributed by atoms with van der Waals surface area (Å²) in [5.74, 6) is -2.61. The van der Waals surface area contributed by atoms with Crippen LogP contribution in [0.5, 0.6) is 5.88 Å². The number of rotatable bonds is 7. The maximum atomic E-state index is 13.5. The van der Waals surface area contributed by atoms with E-state index in [-0.39, 0.29) is 24.5 Å². The summed E-state index contributed by atoms with van der Waals surface area (Å²) in [7, 11) is 0. The third-order valence-corrected chi connectivity index (χ3v) is 6.83. The largest absolute Gasteiger partial charge is 0.494 e. The Morgan fingerprint density at radius 3 is 2.74 bits per heavy atom. The van der Waals surface area contributed by atoms with Gasteiger partial charge in [-0.2, -0.15) is 0 Å². The molecule has 3 N–H and O–H groups in total. The molecule has 3 aromatic heterocycles. The number of carbonyl (C=O) groups excluding carboxylic acids is 1. The highest BCUT2D eigenvalue weighted by atomic mass is 19.2. The molecule has 8 nitrogen and oxygen atoms in total. The number of aromatic nitrogens is 4. The Balaban J connectivity index is 1.14. The molecule has 0 bridgehead atoms. The second-order valence-electron chi connectivity index (χ2n) is 9.64. The predicted octanol–water partition coefficient (Wildman–Crippen LogP) is 5.42. The Morgan fingerprint density at radius 1 is 1.02 bits per heavy atom. The minimum Gasteiger partial charge on any atom is -0.494 e. The summed E-state index contributed by atoms with van der Waals surface area (Å²) in [6.45, 7) is 0.0656. The molecule has 6 rings (SSSR count). The Kier molecular flexibility index (Phi) is 7.02. The van der Waals surface area contributed by atoms with Crippen molar-refractivity contribution in [2.24, 2.45) is 0 Å². The van der Waals surface area contributed by atoms with Crippen LogP contribution in [-0.2, 0) is 6.54 Å². The third-order valence-electron chi connectivity index (χ3n) is 6.83. The number of hydrogen-bond donors (Lipinski definition) is 3. The van der Waals surface area contributed by atoms with Crippen molar-refractivity contribution >= 4 is 33.8 Å². The smallest absolute Gasteiger partial charge is 0.266 e. The number of H-pyrrole nitrogens is 1. The molecular formula is C32H23F2N5O3. The van der Waals surface area contributed by atoms with Crippen molar-refractivity contribution in [3.05, 3.63) is 130 Å². The molecule has 10 heteroatoms. The minimum atomic E-state index is -1.02. The number of para-hydroxylation sites is 1. The molecule has 0 saturated carbocycles. The fraction of sp³-hybridized carbons (Fsp3) is 0.0625. The van der Waals surface area contributed by atoms with Crippen molar-refractivity contribution in [3.8, 4) is 17.1 Å². The van der Waals surface area contributed by atoms with Crippen LogP contribution < -0.4 is 10.9 Å². The molecule has 0 atom stereocenters. The van der Waals surface area contributed by atoms with E-state index in [2.05, 4.69) is 15.3 Å². The standard InChI is InChI=1S/C32H23F2N5O3/c33-24-11-8-20(14-25(24)34)17-39-18-35-16-23(32(39)42)30(40)36-13-3-4-19-7-10-22-28(15-19)38-31(41)29(22)27-12-9-21-5-1-2-6-26(21)37-27/h1-12,14-16,18,38,41H,13,17H2,(H,36,40). The van der Waals surface area contributed by atoms with Gasteiger partial charge in [-0.1, -0.05) is 54.6 Å². The number of aromatic amines is 1. The van der Waals surface area contributed by atoms with E-state index in [0.29, 0.717) is 16.8 Å². The van der Waals surface area contributed by atoms with Gasteiger partial charge in [0, 0.05) is 29.0 Å². The van der Waals surface area contributed by atoms with Gasteiger partial charge >= 0.3 is 0 Å². The topological polar surface area (TPSA) is 113 Å². The number of benzene rings is 3. The number of nitrogens with one attached hydrogen (secondary N) is 2. The van der Waals surface area contributed by atoms with Gasteiger partial charge in [0.05, 0.1) is 29.6 Å². The highest BCUT2D eigenvalue weighted by Gasteiger charge is 2.15. The number of carbonyl (C=O) groups is 1. The number of fused-ring (bicyclic) bond motifs is 2. The second-order valence-corrected chi connectivity index (χ2v) is 9.64. The summed E-state index contributed by atoms with van der Waals surface area (Å²) in [6.07, 6.45) is 5.92. The van der Waals surface area contributed by atoms with Crippen LogP contribution >= 0.6 is 0 Å². The SMILES string of the molecule is O=C(NCC=Cc1ccc2c(-c3ccc4ccccc4n3)c(O)[nH]c2c1)c1cncn(Cc2ccc(F)c(F)c2)c1=O. The lowest BCUT2D eigenvalue weighted by atomic mass is 10.1. The van der Waals surface area contributed by atoms with Crippen LogP contribution in [-0.4, -0.2) is 37.1 Å². The molecule has 42 heavy (non-hydrogen) atoms. The average molecular weight is 564 g/mol. The van der Waals surface area contributed by atoms with Crippen LogP contribution in [0.2, 0.25) is 0 Å². The van der Waals surface area contributed by atoms with Crippen LogP contribution in [0.15, 0.2) is 96.2 Å². The normalized spacial score (nSPS) is 11.5. The van der Waals surface area contributed by atoms with Crippen LogP contribution in [0.25, 0.3) is 39.1 Å². The molecule has 0 aliphatic heterocycles. The van der Waals surface area contributed by atoms with E-state index in [4.69, 9.17) is 4.98 Å². The zero-order chi connectivity index (χ0) is 29.2. The fourth-order valence-corrected chi connectivity index (χ4v) is 4.76. The second kappa shape index (κ2) is 11.1. The first kappa shape index (κ1) is 26.6. The van der Waals surface area contributed by atoms with Gasteiger partial charge in [-0.25, -0.2) is 18.7 Å². The molecule has 0 saturated heterocycles. The number of amides is 1. The van der Waals surface area contributed by atoms with E-state index in [9.17, 15) is 23.5 Å². The molecule has 0 aliphatic carbocycles. The van der Waals surface area contributed by atoms with E-state index in [0.717, 1.165) is 50.3 Å². The molecule has 1 amide bonds. The molecule has 6 aromatic rings. The van der Waals surface area contributed by atoms with Crippen LogP contribution in [0.3, 0.4) is 0 Å². The fourth-order valence-electron chi connectivity index (χ4n) is 4.76. The van der Waals surface area contributed by atoms with Gasteiger partial charge in [0.25, 0.3) is 11.5 Å². The molecule has 0 fully saturated rings. The quantitative estimate of drug-likeness (QED) is 0.240. The molecule has 0 unspecified atom stereocenters. The van der Waals surface area contributed by atoms with Crippen molar-refractivity contribution in [3.63, 3.8) is 0 Å². The molecule has 0 radical (unpaired) electrons. The summed E-state index contributed by atoms with van der Waals surface area (Å²) in [6, 6.07) is 20.6. The van der Waals surface area contributed by atoms with Crippen LogP contribution in [0.1, 0.15) is 21.5 Å². The van der Waals surface area contributed by atoms with Crippen molar-refractivity contribution in [2.75, 3.05) is 6.54 Å². The van der Waals surface area contributed by atoms with E-state index < -0.39 is 23.1 Å². The summed E-state index contributed by atoms with van der Waals surface area (Å²) in [5.41, 5.74) is 3.22. The van der Waals surface area contributed by atoms with Gasteiger partial charge in [-0.15, -0.1) is 0 Å². The van der Waals surface area contributed by atoms with Gasteiger partial charge in [-0.05, 0) is 41.5 Å². The van der Waals surface area contributed by atoms with Gasteiger partial charge < -0.3 is 15.4 Å². The summed E-state index contributed by atoms with van der Waals surface area (Å²) < 4.78 is 27.9. The molecular weight excluding hydrogens is 540 g/mol. The van der Waals surface area contributed by atoms with Crippen molar-refractivity contribution in [1.29, 1.82) is 0 Å². The van der Waals surface area contributed by atoms with Gasteiger partial charge in [-0.3, -0.25) is 14.2 Å². The van der Waals surface area contributed by atoms with Crippen molar-refractivity contribution in [1.82, 2.24) is 24.8 Å². The van der Waals surface area contributed by atoms with E-state index >= 15 is 0 Å². The highest BCUT2D eigenvalue weighted by molar-refractivity contribution is 6.00. The Bertz CT molecular complexity index is 2070. The summed E-state index contributed by atoms with van der Waals surface area (Å²) >= 11 is 0. The number of halogens is 2. The summed E-state index contributed by atoms with van der Waals surface area (Å²) in [4.78, 5) is 37.1. The lowest BCUT2D eigenvalue weighted by molar-refractivity contribution is 0.0955. The van der Waals surface area contributed by atoms with E-state index in [1.165, 1.54) is 12.4 Å². The number of pyridine rings is 1. The first-order valence-electron chi connectivity index (χ1n) is 13.0. The maximum Gasteiger partial charge on any atom is 0.266 e. The maximum absolute atomic E-state index is 13.5. The zero-order valence-corrected chi connectivity index (χ0v) is 22.0. The first-order chi connectivity index (χ1) is 20.4. The van der Waals surface area contributed by atoms with Crippen LogP contribution in [0, 0.1) is 11.6 Å². The van der Waals surface area contributed by atoms with Gasteiger partial charge in [0.2, 0.25) is 0 Å². The molecule has 0 aliphatic rings. The monoisotopic (exact) mass is 563 g/mol. The molecule has 3 heterocycles. The third kappa shape index (κ3) is 5.25. The lowest BCUT2D eigenvalue weighted by Gasteiger charge is -2.08. The average Bonchev–Trinajstić information content (AvgIpc) is 3.32. The van der Waals surface area contributed by atoms with E-state index in [1.54, 1.807) is 12.2 Å². The van der Waals surface area contributed by atoms with Crippen molar-refractivity contribution in [2.45, 2.75) is 6.54 Å². The number of nitrogens with zero attached hydrogens (tertiary/aromatic N) is 3. The predicted molar refractivity (Wildman–Crippen MR) is 156 cm³/mol. The van der Waals surface area contributed by atoms with Crippen molar-refractivity contribution < 1.29 is 18.7 Å². The lowest BCUT2D eigenvalue weighted by Crippen LogP contribution is -2.33. The zero-order valence-electron chi connectivity index (χ0n) is 22.0.